The molecule has 0 saturated carbocycles. The molecule has 3 N–H and O–H groups in total. The van der Waals surface area contributed by atoms with E-state index in [1.165, 1.54) is 6.92 Å². The number of carbonyl (C=O) groups excluding carboxylic acids is 1. The quantitative estimate of drug-likeness (QED) is 0.272. The summed E-state index contributed by atoms with van der Waals surface area (Å²) in [6, 6.07) is 17.4. The van der Waals surface area contributed by atoms with E-state index in [0.29, 0.717) is 31.1 Å². The highest BCUT2D eigenvalue weighted by atomic mass is 16.5. The average Bonchev–Trinajstić information content (AvgIpc) is 3.25. The summed E-state index contributed by atoms with van der Waals surface area (Å²) in [6.45, 7) is 5.78. The van der Waals surface area contributed by atoms with Gasteiger partial charge in [-0.1, -0.05) is 36.4 Å². The Morgan fingerprint density at radius 2 is 2.00 bits per heavy atom. The molecule has 0 bridgehead atoms. The van der Waals surface area contributed by atoms with Gasteiger partial charge in [-0.3, -0.25) is 4.79 Å². The maximum absolute atomic E-state index is 11.2. The van der Waals surface area contributed by atoms with Crippen LogP contribution in [-0.4, -0.2) is 53.5 Å². The summed E-state index contributed by atoms with van der Waals surface area (Å²) in [5.41, 5.74) is 2.81. The third kappa shape index (κ3) is 6.87. The molecule has 0 aliphatic carbocycles. The number of nitrogens with one attached hydrogen (secondary N) is 3. The molecule has 0 unspecified atom stereocenters. The first kappa shape index (κ1) is 22.9. The van der Waals surface area contributed by atoms with Gasteiger partial charge in [-0.25, -0.2) is 9.98 Å². The number of H-pyrrole nitrogens is 1. The number of hydrogen-bond acceptors (Lipinski definition) is 4. The minimum atomic E-state index is -0.113. The normalized spacial score (nSPS) is 11.2. The molecule has 0 aliphatic rings. The van der Waals surface area contributed by atoms with Crippen LogP contribution < -0.4 is 15.4 Å². The van der Waals surface area contributed by atoms with E-state index >= 15 is 0 Å². The molecule has 0 radical (unpaired) electrons. The van der Waals surface area contributed by atoms with Crippen LogP contribution in [-0.2, 0) is 11.3 Å². The van der Waals surface area contributed by atoms with Gasteiger partial charge in [-0.05, 0) is 24.6 Å². The maximum atomic E-state index is 11.2. The fourth-order valence-electron chi connectivity index (χ4n) is 3.16. The summed E-state index contributed by atoms with van der Waals surface area (Å²) >= 11 is 0. The topological polar surface area (TPSA) is 94.6 Å². The van der Waals surface area contributed by atoms with Gasteiger partial charge in [0.1, 0.15) is 18.2 Å². The van der Waals surface area contributed by atoms with E-state index in [1.54, 1.807) is 6.07 Å². The molecular formula is C24H30N6O2. The number of aliphatic imine (C=N–C) groups is 1. The first-order valence-electron chi connectivity index (χ1n) is 10.6. The molecule has 1 aromatic heterocycles. The van der Waals surface area contributed by atoms with Crippen LogP contribution in [0, 0.1) is 0 Å². The lowest BCUT2D eigenvalue weighted by Gasteiger charge is -2.21. The van der Waals surface area contributed by atoms with Gasteiger partial charge in [-0.2, -0.15) is 0 Å². The van der Waals surface area contributed by atoms with Crippen molar-refractivity contribution in [1.82, 2.24) is 20.2 Å². The van der Waals surface area contributed by atoms with Crippen LogP contribution in [0.3, 0.4) is 0 Å². The minimum absolute atomic E-state index is 0.113. The van der Waals surface area contributed by atoms with Crippen molar-refractivity contribution in [3.05, 3.63) is 66.6 Å². The maximum Gasteiger partial charge on any atom is 0.221 e. The third-order valence-electron chi connectivity index (χ3n) is 4.57. The highest BCUT2D eigenvalue weighted by molar-refractivity contribution is 5.88. The van der Waals surface area contributed by atoms with Crippen molar-refractivity contribution in [3.8, 4) is 17.0 Å². The van der Waals surface area contributed by atoms with Gasteiger partial charge in [0.05, 0.1) is 25.0 Å². The number of rotatable bonds is 9. The van der Waals surface area contributed by atoms with E-state index in [-0.39, 0.29) is 5.91 Å². The molecule has 168 valence electrons. The average molecular weight is 435 g/mol. The van der Waals surface area contributed by atoms with Crippen molar-refractivity contribution >= 4 is 17.6 Å². The Balaban J connectivity index is 1.55. The Labute approximate surface area is 188 Å². The van der Waals surface area contributed by atoms with Crippen molar-refractivity contribution in [1.29, 1.82) is 0 Å². The second-order valence-corrected chi connectivity index (χ2v) is 7.26. The van der Waals surface area contributed by atoms with Crippen LogP contribution in [0.1, 0.15) is 19.7 Å². The van der Waals surface area contributed by atoms with E-state index in [4.69, 9.17) is 4.74 Å². The predicted molar refractivity (Wildman–Crippen MR) is 128 cm³/mol. The summed E-state index contributed by atoms with van der Waals surface area (Å²) in [5, 5.41) is 6.05. The van der Waals surface area contributed by atoms with Gasteiger partial charge in [0.2, 0.25) is 5.91 Å². The second-order valence-electron chi connectivity index (χ2n) is 7.26. The summed E-state index contributed by atoms with van der Waals surface area (Å²) in [6.07, 6.45) is 1.85. The number of guanidine groups is 1. The molecule has 1 heterocycles. The Bertz CT molecular complexity index is 1030. The number of hydrogen-bond donors (Lipinski definition) is 3. The van der Waals surface area contributed by atoms with Crippen molar-refractivity contribution in [2.75, 3.05) is 32.1 Å². The van der Waals surface area contributed by atoms with Crippen LogP contribution in [0.25, 0.3) is 11.3 Å². The van der Waals surface area contributed by atoms with Crippen molar-refractivity contribution in [2.24, 2.45) is 4.99 Å². The van der Waals surface area contributed by atoms with Crippen molar-refractivity contribution in [3.63, 3.8) is 0 Å². The lowest BCUT2D eigenvalue weighted by Crippen LogP contribution is -2.39. The summed E-state index contributed by atoms with van der Waals surface area (Å²) in [7, 11) is 1.98. The molecule has 3 rings (SSSR count). The van der Waals surface area contributed by atoms with E-state index < -0.39 is 0 Å². The number of anilines is 1. The number of aromatic nitrogens is 2. The molecule has 2 aromatic carbocycles. The first-order valence-corrected chi connectivity index (χ1v) is 10.6. The van der Waals surface area contributed by atoms with Gasteiger partial charge < -0.3 is 25.3 Å². The zero-order valence-electron chi connectivity index (χ0n) is 18.8. The number of carbonyl (C=O) groups is 1. The standard InChI is InChI=1S/C24H30N6O2/c1-4-25-24(26-13-14-32-21-12-8-11-20(15-21)28-18(2)31)30(3)17-23-27-16-22(29-23)19-9-6-5-7-10-19/h5-12,15-16H,4,13-14,17H2,1-3H3,(H,25,26)(H,27,29)(H,28,31). The smallest absolute Gasteiger partial charge is 0.221 e. The SMILES string of the molecule is CCNC(=NCCOc1cccc(NC(C)=O)c1)N(C)Cc1ncc(-c2ccccc2)[nH]1. The van der Waals surface area contributed by atoms with E-state index in [0.717, 1.165) is 29.6 Å². The monoisotopic (exact) mass is 434 g/mol. The van der Waals surface area contributed by atoms with Gasteiger partial charge >= 0.3 is 0 Å². The Hall–Kier alpha value is -3.81. The lowest BCUT2D eigenvalue weighted by molar-refractivity contribution is -0.114. The Kier molecular flexibility index (Phi) is 8.25. The first-order chi connectivity index (χ1) is 15.5. The highest BCUT2D eigenvalue weighted by Gasteiger charge is 2.10. The van der Waals surface area contributed by atoms with Gasteiger partial charge in [0.25, 0.3) is 0 Å². The fourth-order valence-corrected chi connectivity index (χ4v) is 3.16. The van der Waals surface area contributed by atoms with Gasteiger partial charge in [0.15, 0.2) is 5.96 Å². The van der Waals surface area contributed by atoms with Crippen LogP contribution in [0.4, 0.5) is 5.69 Å². The Morgan fingerprint density at radius 3 is 2.75 bits per heavy atom. The summed E-state index contributed by atoms with van der Waals surface area (Å²) in [4.78, 5) is 25.8. The van der Waals surface area contributed by atoms with E-state index in [9.17, 15) is 4.79 Å². The number of ether oxygens (including phenoxy) is 1. The molecule has 32 heavy (non-hydrogen) atoms. The van der Waals surface area contributed by atoms with Crippen LogP contribution >= 0.6 is 0 Å². The van der Waals surface area contributed by atoms with Crippen molar-refractivity contribution in [2.45, 2.75) is 20.4 Å². The van der Waals surface area contributed by atoms with Crippen LogP contribution in [0.5, 0.6) is 5.75 Å². The molecule has 0 fully saturated rings. The third-order valence-corrected chi connectivity index (χ3v) is 4.57. The summed E-state index contributed by atoms with van der Waals surface area (Å²) in [5.74, 6) is 2.22. The molecule has 8 nitrogen and oxygen atoms in total. The van der Waals surface area contributed by atoms with Crippen LogP contribution in [0.15, 0.2) is 65.8 Å². The number of aromatic amines is 1. The lowest BCUT2D eigenvalue weighted by atomic mass is 10.2. The second kappa shape index (κ2) is 11.5. The number of benzene rings is 2. The van der Waals surface area contributed by atoms with Gasteiger partial charge in [0, 0.05) is 32.3 Å². The predicted octanol–water partition coefficient (Wildman–Crippen LogP) is 3.51. The Morgan fingerprint density at radius 1 is 1.19 bits per heavy atom. The molecule has 0 saturated heterocycles. The minimum Gasteiger partial charge on any atom is -0.492 e. The highest BCUT2D eigenvalue weighted by Crippen LogP contribution is 2.18. The molecule has 8 heteroatoms. The zero-order chi connectivity index (χ0) is 22.8. The van der Waals surface area contributed by atoms with Crippen LogP contribution in [0.2, 0.25) is 0 Å². The largest absolute Gasteiger partial charge is 0.492 e. The zero-order valence-corrected chi connectivity index (χ0v) is 18.8. The van der Waals surface area contributed by atoms with Gasteiger partial charge in [-0.15, -0.1) is 0 Å². The molecule has 1 amide bonds. The summed E-state index contributed by atoms with van der Waals surface area (Å²) < 4.78 is 5.78. The van der Waals surface area contributed by atoms with Crippen molar-refractivity contribution < 1.29 is 9.53 Å². The molecule has 0 atom stereocenters. The number of imidazole rings is 1. The molecule has 0 spiro atoms. The fraction of sp³-hybridized carbons (Fsp3) is 0.292. The number of amides is 1. The van der Waals surface area contributed by atoms with E-state index in [1.807, 2.05) is 61.5 Å². The van der Waals surface area contributed by atoms with E-state index in [2.05, 4.69) is 37.7 Å². The molecular weight excluding hydrogens is 404 g/mol. The molecule has 3 aromatic rings. The molecule has 0 aliphatic heterocycles. The number of nitrogens with zero attached hydrogens (tertiary/aromatic N) is 3.